The lowest BCUT2D eigenvalue weighted by Crippen LogP contribution is -2.17. The largest absolute Gasteiger partial charge is 0.143 e. The number of hydrogen-bond acceptors (Lipinski definition) is 3. The third-order valence-corrected chi connectivity index (χ3v) is 6.55. The smallest absolute Gasteiger partial charge is 0.123 e. The first-order valence-electron chi connectivity index (χ1n) is 9.68. The van der Waals surface area contributed by atoms with E-state index in [-0.39, 0.29) is 10.8 Å². The quantitative estimate of drug-likeness (QED) is 0.382. The normalized spacial score (nSPS) is 12.8. The fourth-order valence-corrected chi connectivity index (χ4v) is 4.07. The van der Waals surface area contributed by atoms with Crippen LogP contribution in [0.25, 0.3) is 0 Å². The Morgan fingerprint density at radius 2 is 1.04 bits per heavy atom. The van der Waals surface area contributed by atoms with Gasteiger partial charge in [-0.2, -0.15) is 0 Å². The molecule has 1 aromatic rings. The van der Waals surface area contributed by atoms with E-state index in [1.807, 2.05) is 11.3 Å². The fraction of sp³-hybridized carbons (Fsp3) is 0.900. The molecule has 1 aromatic heterocycles. The van der Waals surface area contributed by atoms with E-state index in [4.69, 9.17) is 0 Å². The molecule has 0 fully saturated rings. The number of aromatic nitrogens is 2. The zero-order chi connectivity index (χ0) is 17.3. The Kier molecular flexibility index (Phi) is 8.74. The van der Waals surface area contributed by atoms with Crippen LogP contribution < -0.4 is 0 Å². The Bertz CT molecular complexity index is 396. The lowest BCUT2D eigenvalue weighted by molar-refractivity contribution is 0.435. The van der Waals surface area contributed by atoms with Gasteiger partial charge in [0.1, 0.15) is 10.0 Å². The average molecular weight is 339 g/mol. The van der Waals surface area contributed by atoms with Gasteiger partial charge in [0.25, 0.3) is 0 Å². The molecular formula is C20H38N2S. The highest BCUT2D eigenvalue weighted by atomic mass is 32.1. The first kappa shape index (κ1) is 20.6. The molecule has 0 radical (unpaired) electrons. The van der Waals surface area contributed by atoms with Gasteiger partial charge < -0.3 is 0 Å². The molecule has 0 aliphatic carbocycles. The van der Waals surface area contributed by atoms with Crippen molar-refractivity contribution in [1.29, 1.82) is 0 Å². The Morgan fingerprint density at radius 3 is 1.39 bits per heavy atom. The van der Waals surface area contributed by atoms with Crippen molar-refractivity contribution < 1.29 is 0 Å². The van der Waals surface area contributed by atoms with Crippen LogP contribution in [0.4, 0.5) is 0 Å². The minimum Gasteiger partial charge on any atom is -0.143 e. The van der Waals surface area contributed by atoms with Gasteiger partial charge in [0.05, 0.1) is 0 Å². The van der Waals surface area contributed by atoms with Crippen molar-refractivity contribution >= 4 is 11.3 Å². The molecule has 134 valence electrons. The summed E-state index contributed by atoms with van der Waals surface area (Å²) in [5.74, 6) is 0. The van der Waals surface area contributed by atoms with Gasteiger partial charge in [-0.15, -0.1) is 21.5 Å². The minimum atomic E-state index is 0.169. The molecule has 3 heteroatoms. The molecule has 0 bridgehead atoms. The lowest BCUT2D eigenvalue weighted by Gasteiger charge is -2.22. The topological polar surface area (TPSA) is 25.8 Å². The summed E-state index contributed by atoms with van der Waals surface area (Å²) in [6, 6.07) is 0. The van der Waals surface area contributed by atoms with Gasteiger partial charge >= 0.3 is 0 Å². The zero-order valence-electron chi connectivity index (χ0n) is 16.4. The van der Waals surface area contributed by atoms with E-state index >= 15 is 0 Å². The van der Waals surface area contributed by atoms with E-state index in [1.165, 1.54) is 74.2 Å². The molecule has 0 atom stereocenters. The van der Waals surface area contributed by atoms with Crippen molar-refractivity contribution in [1.82, 2.24) is 10.2 Å². The third kappa shape index (κ3) is 6.91. The standard InChI is InChI=1S/C20H38N2S/c1-7-9-11-13-15-19(3,4)17-21-22-18(23-17)20(5,6)16-14-12-10-8-2/h7-16H2,1-6H3. The number of nitrogens with zero attached hydrogens (tertiary/aromatic N) is 2. The molecule has 0 saturated heterocycles. The SMILES string of the molecule is CCCCCCC(C)(C)c1nnc(C(C)(C)CCCCCC)s1. The van der Waals surface area contributed by atoms with Crippen LogP contribution in [0.5, 0.6) is 0 Å². The molecule has 0 spiro atoms. The Morgan fingerprint density at radius 1 is 0.652 bits per heavy atom. The first-order chi connectivity index (χ1) is 10.8. The number of unbranched alkanes of at least 4 members (excludes halogenated alkanes) is 6. The average Bonchev–Trinajstić information content (AvgIpc) is 3.00. The maximum Gasteiger partial charge on any atom is 0.123 e. The van der Waals surface area contributed by atoms with Crippen molar-refractivity contribution in [2.45, 2.75) is 117 Å². The molecular weight excluding hydrogens is 300 g/mol. The van der Waals surface area contributed by atoms with Crippen LogP contribution in [-0.4, -0.2) is 10.2 Å². The van der Waals surface area contributed by atoms with Gasteiger partial charge in [-0.1, -0.05) is 92.9 Å². The summed E-state index contributed by atoms with van der Waals surface area (Å²) in [6.07, 6.45) is 13.0. The minimum absolute atomic E-state index is 0.169. The van der Waals surface area contributed by atoms with Crippen LogP contribution in [0.3, 0.4) is 0 Å². The zero-order valence-corrected chi connectivity index (χ0v) is 17.2. The highest BCUT2D eigenvalue weighted by Crippen LogP contribution is 2.37. The molecule has 0 saturated carbocycles. The molecule has 23 heavy (non-hydrogen) atoms. The van der Waals surface area contributed by atoms with Gasteiger partial charge in [-0.3, -0.25) is 0 Å². The van der Waals surface area contributed by atoms with E-state index in [0.717, 1.165) is 0 Å². The van der Waals surface area contributed by atoms with Crippen LogP contribution in [0.15, 0.2) is 0 Å². The van der Waals surface area contributed by atoms with Crippen molar-refractivity contribution in [3.8, 4) is 0 Å². The van der Waals surface area contributed by atoms with E-state index in [9.17, 15) is 0 Å². The molecule has 2 nitrogen and oxygen atoms in total. The van der Waals surface area contributed by atoms with Crippen LogP contribution in [-0.2, 0) is 10.8 Å². The molecule has 0 aliphatic rings. The van der Waals surface area contributed by atoms with Gasteiger partial charge in [-0.25, -0.2) is 0 Å². The second kappa shape index (κ2) is 9.76. The summed E-state index contributed by atoms with van der Waals surface area (Å²) in [4.78, 5) is 0. The summed E-state index contributed by atoms with van der Waals surface area (Å²) in [5, 5.41) is 11.6. The lowest BCUT2D eigenvalue weighted by atomic mass is 9.87. The van der Waals surface area contributed by atoms with Crippen LogP contribution in [0, 0.1) is 0 Å². The van der Waals surface area contributed by atoms with Crippen molar-refractivity contribution in [2.75, 3.05) is 0 Å². The Labute approximate surface area is 148 Å². The molecule has 0 unspecified atom stereocenters. The van der Waals surface area contributed by atoms with Crippen molar-refractivity contribution in [2.24, 2.45) is 0 Å². The predicted octanol–water partition coefficient (Wildman–Crippen LogP) is 7.03. The summed E-state index contributed by atoms with van der Waals surface area (Å²) in [7, 11) is 0. The summed E-state index contributed by atoms with van der Waals surface area (Å²) in [6.45, 7) is 13.9. The maximum absolute atomic E-state index is 4.57. The number of rotatable bonds is 12. The molecule has 1 rings (SSSR count). The Balaban J connectivity index is 2.60. The third-order valence-electron chi connectivity index (χ3n) is 4.89. The molecule has 0 N–H and O–H groups in total. The molecule has 0 amide bonds. The molecule has 0 aromatic carbocycles. The van der Waals surface area contributed by atoms with Gasteiger partial charge in [-0.05, 0) is 12.8 Å². The summed E-state index contributed by atoms with van der Waals surface area (Å²) in [5.41, 5.74) is 0.337. The first-order valence-corrected chi connectivity index (χ1v) is 10.5. The highest BCUT2D eigenvalue weighted by Gasteiger charge is 2.30. The molecule has 1 heterocycles. The summed E-state index contributed by atoms with van der Waals surface area (Å²) >= 11 is 1.85. The fourth-order valence-electron chi connectivity index (χ4n) is 2.97. The van der Waals surface area contributed by atoms with E-state index < -0.39 is 0 Å². The Hall–Kier alpha value is -0.440. The molecule has 0 aliphatic heterocycles. The van der Waals surface area contributed by atoms with Crippen LogP contribution >= 0.6 is 11.3 Å². The van der Waals surface area contributed by atoms with E-state index in [1.54, 1.807) is 0 Å². The van der Waals surface area contributed by atoms with Gasteiger partial charge in [0, 0.05) is 10.8 Å². The van der Waals surface area contributed by atoms with E-state index in [2.05, 4.69) is 51.7 Å². The predicted molar refractivity (Wildman–Crippen MR) is 103 cm³/mol. The second-order valence-electron chi connectivity index (χ2n) is 8.30. The van der Waals surface area contributed by atoms with Crippen molar-refractivity contribution in [3.63, 3.8) is 0 Å². The maximum atomic E-state index is 4.57. The van der Waals surface area contributed by atoms with Crippen LogP contribution in [0.2, 0.25) is 0 Å². The second-order valence-corrected chi connectivity index (χ2v) is 9.28. The monoisotopic (exact) mass is 338 g/mol. The number of hydrogen-bond donors (Lipinski definition) is 0. The summed E-state index contributed by atoms with van der Waals surface area (Å²) < 4.78 is 0. The van der Waals surface area contributed by atoms with Crippen LogP contribution in [0.1, 0.15) is 116 Å². The van der Waals surface area contributed by atoms with Gasteiger partial charge in [0.15, 0.2) is 0 Å². The highest BCUT2D eigenvalue weighted by molar-refractivity contribution is 7.11. The van der Waals surface area contributed by atoms with E-state index in [0.29, 0.717) is 0 Å². The van der Waals surface area contributed by atoms with Crippen molar-refractivity contribution in [3.05, 3.63) is 10.0 Å². The van der Waals surface area contributed by atoms with Gasteiger partial charge in [0.2, 0.25) is 0 Å².